The Bertz CT molecular complexity index is 2080. The van der Waals surface area contributed by atoms with Crippen LogP contribution in [0, 0.1) is 0 Å². The van der Waals surface area contributed by atoms with E-state index in [1.807, 2.05) is 30.3 Å². The molecule has 0 bridgehead atoms. The van der Waals surface area contributed by atoms with Crippen LogP contribution in [0.3, 0.4) is 0 Å². The summed E-state index contributed by atoms with van der Waals surface area (Å²) in [5.74, 6) is 0. The molecule has 0 unspecified atom stereocenters. The topological polar surface area (TPSA) is 24.7 Å². The molecule has 6 aromatic carbocycles. The van der Waals surface area contributed by atoms with Gasteiger partial charge >= 0.3 is 0 Å². The Morgan fingerprint density at radius 1 is 0.421 bits per heavy atom. The first-order chi connectivity index (χ1) is 18.7. The van der Waals surface area contributed by atoms with Crippen molar-refractivity contribution < 1.29 is 0 Å². The van der Waals surface area contributed by atoms with E-state index < -0.39 is 0 Å². The Morgan fingerprint density at radius 2 is 1.00 bits per heavy atom. The predicted octanol–water partition coefficient (Wildman–Crippen LogP) is 9.34. The van der Waals surface area contributed by atoms with Gasteiger partial charge in [0.15, 0.2) is 0 Å². The van der Waals surface area contributed by atoms with E-state index in [0.717, 1.165) is 71.8 Å². The molecule has 0 radical (unpaired) electrons. The summed E-state index contributed by atoms with van der Waals surface area (Å²) in [6.07, 6.45) is 0. The molecular formula is C34H18Cl2N2. The molecule has 0 atom stereocenters. The van der Waals surface area contributed by atoms with Crippen LogP contribution < -0.4 is 10.7 Å². The maximum Gasteiger partial charge on any atom is 0.0924 e. The zero-order valence-corrected chi connectivity index (χ0v) is 21.6. The molecule has 0 spiro atoms. The van der Waals surface area contributed by atoms with Crippen molar-refractivity contribution in [1.82, 2.24) is 0 Å². The Labute approximate surface area is 229 Å². The smallest absolute Gasteiger partial charge is 0.0924 e. The molecule has 0 aromatic heterocycles. The third-order valence-electron chi connectivity index (χ3n) is 7.55. The molecule has 0 saturated carbocycles. The zero-order valence-electron chi connectivity index (χ0n) is 20.0. The quantitative estimate of drug-likeness (QED) is 0.215. The number of nitrogens with zero attached hydrogens (tertiary/aromatic N) is 2. The van der Waals surface area contributed by atoms with Crippen molar-refractivity contribution in [2.75, 3.05) is 0 Å². The minimum Gasteiger partial charge on any atom is -0.247 e. The van der Waals surface area contributed by atoms with Crippen LogP contribution >= 0.6 is 23.2 Å². The molecule has 6 aromatic rings. The summed E-state index contributed by atoms with van der Waals surface area (Å²) in [6.45, 7) is 0. The number of benzene rings is 6. The first-order valence-electron chi connectivity index (χ1n) is 12.5. The number of hydrogen-bond acceptors (Lipinski definition) is 2. The summed E-state index contributed by atoms with van der Waals surface area (Å²) in [6, 6.07) is 37.5. The van der Waals surface area contributed by atoms with Crippen molar-refractivity contribution in [1.29, 1.82) is 0 Å². The summed E-state index contributed by atoms with van der Waals surface area (Å²) in [4.78, 5) is 10.1. The summed E-state index contributed by atoms with van der Waals surface area (Å²) < 4.78 is 0. The normalized spacial score (nSPS) is 12.4. The second-order valence-electron chi connectivity index (χ2n) is 9.59. The summed E-state index contributed by atoms with van der Waals surface area (Å²) in [5, 5.41) is 5.04. The first kappa shape index (κ1) is 21.8. The summed E-state index contributed by atoms with van der Waals surface area (Å²) >= 11 is 14.1. The Kier molecular flexibility index (Phi) is 4.66. The lowest BCUT2D eigenvalue weighted by Crippen LogP contribution is -2.10. The molecule has 0 N–H and O–H groups in total. The van der Waals surface area contributed by atoms with Gasteiger partial charge in [-0.25, -0.2) is 9.98 Å². The van der Waals surface area contributed by atoms with Gasteiger partial charge in [-0.1, -0.05) is 126 Å². The highest BCUT2D eigenvalue weighted by atomic mass is 35.5. The average Bonchev–Trinajstić information content (AvgIpc) is 3.55. The van der Waals surface area contributed by atoms with Crippen LogP contribution in [0.1, 0.15) is 0 Å². The fourth-order valence-corrected chi connectivity index (χ4v) is 6.40. The molecule has 2 heterocycles. The maximum atomic E-state index is 7.05. The van der Waals surface area contributed by atoms with E-state index in [1.54, 1.807) is 0 Å². The van der Waals surface area contributed by atoms with E-state index in [9.17, 15) is 0 Å². The monoisotopic (exact) mass is 524 g/mol. The van der Waals surface area contributed by atoms with Crippen LogP contribution in [0.5, 0.6) is 0 Å². The third-order valence-corrected chi connectivity index (χ3v) is 8.39. The number of para-hydroxylation sites is 1. The number of rotatable bonds is 2. The van der Waals surface area contributed by atoms with Crippen LogP contribution in [-0.4, -0.2) is 0 Å². The molecule has 2 aliphatic rings. The number of halogens is 2. The minimum atomic E-state index is 0.475. The largest absolute Gasteiger partial charge is 0.247 e. The van der Waals surface area contributed by atoms with E-state index in [4.69, 9.17) is 33.2 Å². The highest BCUT2D eigenvalue weighted by molar-refractivity contribution is 6.47. The lowest BCUT2D eigenvalue weighted by molar-refractivity contribution is 1.42. The van der Waals surface area contributed by atoms with Crippen molar-refractivity contribution in [3.05, 3.63) is 130 Å². The highest BCUT2D eigenvalue weighted by Crippen LogP contribution is 2.54. The fraction of sp³-hybridized carbons (Fsp3) is 0. The molecule has 2 nitrogen and oxygen atoms in total. The lowest BCUT2D eigenvalue weighted by Gasteiger charge is -2.19. The van der Waals surface area contributed by atoms with Crippen LogP contribution in [0.2, 0.25) is 10.0 Å². The molecule has 4 heteroatoms. The number of hydrogen-bond donors (Lipinski definition) is 0. The van der Waals surface area contributed by atoms with E-state index in [1.165, 1.54) is 5.56 Å². The van der Waals surface area contributed by atoms with Crippen molar-refractivity contribution in [3.63, 3.8) is 0 Å². The Hall–Kier alpha value is -4.24. The lowest BCUT2D eigenvalue weighted by atomic mass is 9.86. The number of fused-ring (bicyclic) bond motifs is 9. The molecule has 2 aliphatic heterocycles. The molecule has 38 heavy (non-hydrogen) atoms. The summed E-state index contributed by atoms with van der Waals surface area (Å²) in [5.41, 5.74) is 10.2. The Balaban J connectivity index is 1.48. The van der Waals surface area contributed by atoms with Crippen LogP contribution in [0.4, 0.5) is 11.4 Å². The van der Waals surface area contributed by atoms with E-state index in [0.29, 0.717) is 10.0 Å². The van der Waals surface area contributed by atoms with Gasteiger partial charge < -0.3 is 0 Å². The minimum absolute atomic E-state index is 0.475. The third kappa shape index (κ3) is 2.96. The first-order valence-corrected chi connectivity index (χ1v) is 13.2. The van der Waals surface area contributed by atoms with Crippen molar-refractivity contribution in [3.8, 4) is 44.5 Å². The van der Waals surface area contributed by atoms with Gasteiger partial charge in [0.2, 0.25) is 0 Å². The van der Waals surface area contributed by atoms with Crippen molar-refractivity contribution >= 4 is 45.3 Å². The molecule has 0 saturated heterocycles. The van der Waals surface area contributed by atoms with Gasteiger partial charge in [0.25, 0.3) is 0 Å². The van der Waals surface area contributed by atoms with E-state index in [-0.39, 0.29) is 0 Å². The maximum absolute atomic E-state index is 7.05. The van der Waals surface area contributed by atoms with Gasteiger partial charge in [0.1, 0.15) is 0 Å². The van der Waals surface area contributed by atoms with E-state index in [2.05, 4.69) is 78.9 Å². The molecule has 8 rings (SSSR count). The second-order valence-corrected chi connectivity index (χ2v) is 10.3. The SMILES string of the molecule is Clc1c(Cl)c(-c2ccccc2)c(-c2ccccc2)c2c1N=c1c-2ccc2c3c(ccc12)-c1ccccc1N=3. The average molecular weight is 525 g/mol. The van der Waals surface area contributed by atoms with E-state index >= 15 is 0 Å². The molecular weight excluding hydrogens is 507 g/mol. The van der Waals surface area contributed by atoms with Gasteiger partial charge in [-0.15, -0.1) is 0 Å². The second kappa shape index (κ2) is 8.13. The highest BCUT2D eigenvalue weighted by Gasteiger charge is 2.29. The van der Waals surface area contributed by atoms with Gasteiger partial charge in [0, 0.05) is 44.2 Å². The van der Waals surface area contributed by atoms with Crippen molar-refractivity contribution in [2.45, 2.75) is 0 Å². The zero-order chi connectivity index (χ0) is 25.4. The molecule has 0 amide bonds. The molecule has 178 valence electrons. The Morgan fingerprint density at radius 3 is 1.71 bits per heavy atom. The summed E-state index contributed by atoms with van der Waals surface area (Å²) in [7, 11) is 0. The van der Waals surface area contributed by atoms with Crippen LogP contribution in [0.25, 0.3) is 55.3 Å². The van der Waals surface area contributed by atoms with Gasteiger partial charge in [-0.3, -0.25) is 0 Å². The van der Waals surface area contributed by atoms with Gasteiger partial charge in [-0.2, -0.15) is 0 Å². The fourth-order valence-electron chi connectivity index (χ4n) is 5.88. The predicted molar refractivity (Wildman–Crippen MR) is 157 cm³/mol. The standard InChI is InChI=1S/C34H18Cl2N2/c35-30-28(20-11-5-2-6-12-20)27(19-9-3-1-4-10-19)29-25-18-17-23-24(33(25)38-34(29)31(30)36)16-15-22-21-13-7-8-14-26(21)37-32(22)23/h1-18H. The van der Waals surface area contributed by atoms with Crippen LogP contribution in [-0.2, 0) is 0 Å². The molecule has 0 fully saturated rings. The molecule has 0 aliphatic carbocycles. The van der Waals surface area contributed by atoms with Crippen LogP contribution in [0.15, 0.2) is 119 Å². The van der Waals surface area contributed by atoms with Crippen molar-refractivity contribution in [2.24, 2.45) is 9.98 Å². The van der Waals surface area contributed by atoms with Gasteiger partial charge in [-0.05, 0) is 17.2 Å². The van der Waals surface area contributed by atoms with Gasteiger partial charge in [0.05, 0.1) is 32.1 Å².